The lowest BCUT2D eigenvalue weighted by atomic mass is 10.0. The van der Waals surface area contributed by atoms with E-state index in [4.69, 9.17) is 4.42 Å². The molecule has 3 rings (SSSR count). The van der Waals surface area contributed by atoms with Gasteiger partial charge in [-0.25, -0.2) is 4.79 Å². The summed E-state index contributed by atoms with van der Waals surface area (Å²) in [6.07, 6.45) is 1.90. The molecule has 5 heteroatoms. The van der Waals surface area contributed by atoms with Crippen molar-refractivity contribution in [2.75, 3.05) is 6.54 Å². The van der Waals surface area contributed by atoms with Crippen molar-refractivity contribution in [3.63, 3.8) is 0 Å². The van der Waals surface area contributed by atoms with Crippen LogP contribution in [-0.4, -0.2) is 22.9 Å². The van der Waals surface area contributed by atoms with Crippen LogP contribution in [0.4, 0.5) is 0 Å². The first kappa shape index (κ1) is 12.2. The Balaban J connectivity index is 2.02. The molecule has 0 saturated carbocycles. The lowest BCUT2D eigenvalue weighted by Gasteiger charge is -2.08. The monoisotopic (exact) mass is 260 g/mol. The summed E-state index contributed by atoms with van der Waals surface area (Å²) >= 11 is 0. The summed E-state index contributed by atoms with van der Waals surface area (Å²) in [4.78, 5) is 23.9. The van der Waals surface area contributed by atoms with Crippen LogP contribution in [0.3, 0.4) is 0 Å². The molecule has 0 spiro atoms. The molecule has 0 radical (unpaired) electrons. The molecule has 1 saturated heterocycles. The van der Waals surface area contributed by atoms with Crippen LogP contribution in [0.2, 0.25) is 0 Å². The van der Waals surface area contributed by atoms with Crippen LogP contribution in [0, 0.1) is 0 Å². The smallest absolute Gasteiger partial charge is 0.408 e. The van der Waals surface area contributed by atoms with Gasteiger partial charge in [0.25, 0.3) is 0 Å². The van der Waals surface area contributed by atoms with Crippen molar-refractivity contribution in [3.05, 3.63) is 34.3 Å². The van der Waals surface area contributed by atoms with Crippen LogP contribution in [0.15, 0.2) is 27.4 Å². The first-order valence-corrected chi connectivity index (χ1v) is 6.61. The molecular formula is C14H16N2O3. The molecule has 19 heavy (non-hydrogen) atoms. The van der Waals surface area contributed by atoms with E-state index in [-0.39, 0.29) is 17.6 Å². The molecular weight excluding hydrogens is 244 g/mol. The maximum atomic E-state index is 12.3. The van der Waals surface area contributed by atoms with Crippen LogP contribution in [-0.2, 0) is 6.54 Å². The van der Waals surface area contributed by atoms with Gasteiger partial charge in [0.1, 0.15) is 0 Å². The second kappa shape index (κ2) is 4.66. The van der Waals surface area contributed by atoms with Crippen molar-refractivity contribution >= 4 is 16.9 Å². The lowest BCUT2D eigenvalue weighted by molar-refractivity contribution is 0.0952. The minimum absolute atomic E-state index is 0.0753. The van der Waals surface area contributed by atoms with Crippen LogP contribution in [0.1, 0.15) is 30.1 Å². The second-order valence-electron chi connectivity index (χ2n) is 4.81. The fourth-order valence-electron chi connectivity index (χ4n) is 2.63. The number of nitrogens with zero attached hydrogens (tertiary/aromatic N) is 1. The minimum atomic E-state index is -0.374. The summed E-state index contributed by atoms with van der Waals surface area (Å²) in [6.45, 7) is 3.33. The van der Waals surface area contributed by atoms with Gasteiger partial charge in [-0.2, -0.15) is 0 Å². The molecule has 1 aliphatic rings. The number of rotatable bonds is 3. The van der Waals surface area contributed by atoms with Gasteiger partial charge in [0.2, 0.25) is 0 Å². The number of aryl methyl sites for hydroxylation is 1. The summed E-state index contributed by atoms with van der Waals surface area (Å²) in [5.74, 6) is -0.299. The quantitative estimate of drug-likeness (QED) is 0.850. The van der Waals surface area contributed by atoms with Crippen molar-refractivity contribution in [1.29, 1.82) is 0 Å². The van der Waals surface area contributed by atoms with E-state index in [9.17, 15) is 9.59 Å². The normalized spacial score (nSPS) is 19.1. The molecule has 100 valence electrons. The predicted octanol–water partition coefficient (Wildman–Crippen LogP) is 1.55. The molecule has 1 atom stereocenters. The third-order valence-electron chi connectivity index (χ3n) is 3.65. The summed E-state index contributed by atoms with van der Waals surface area (Å²) in [5, 5.41) is 3.18. The Kier molecular flexibility index (Phi) is 2.98. The van der Waals surface area contributed by atoms with Gasteiger partial charge in [0.05, 0.1) is 11.6 Å². The molecule has 1 aromatic carbocycles. The van der Waals surface area contributed by atoms with Gasteiger partial charge in [-0.3, -0.25) is 9.36 Å². The molecule has 0 amide bonds. The zero-order valence-electron chi connectivity index (χ0n) is 10.8. The largest absolute Gasteiger partial charge is 0.419 e. The number of Topliss-reactive ketones (excluding diaryl/α,β-unsaturated/α-hetero) is 1. The Bertz CT molecular complexity index is 678. The van der Waals surface area contributed by atoms with Crippen molar-refractivity contribution in [3.8, 4) is 0 Å². The summed E-state index contributed by atoms with van der Waals surface area (Å²) in [7, 11) is 0. The first-order chi connectivity index (χ1) is 9.20. The molecule has 2 aromatic rings. The van der Waals surface area contributed by atoms with E-state index in [2.05, 4.69) is 5.32 Å². The lowest BCUT2D eigenvalue weighted by Crippen LogP contribution is -2.30. The summed E-state index contributed by atoms with van der Waals surface area (Å²) in [6, 6.07) is 5.13. The van der Waals surface area contributed by atoms with Gasteiger partial charge in [0, 0.05) is 12.1 Å². The topological polar surface area (TPSA) is 64.2 Å². The number of hydrogen-bond acceptors (Lipinski definition) is 4. The number of oxazole rings is 1. The number of fused-ring (bicyclic) bond motifs is 1. The van der Waals surface area contributed by atoms with Gasteiger partial charge < -0.3 is 9.73 Å². The average Bonchev–Trinajstić information content (AvgIpc) is 3.03. The standard InChI is InChI=1S/C14H16N2O3/c1-2-16-11-6-5-9(8-12(11)19-14(16)18)13(17)10-4-3-7-15-10/h5-6,8,10,15H,2-4,7H2,1H3. The SMILES string of the molecule is CCn1c(=O)oc2cc(C(=O)C3CCCN3)ccc21. The molecule has 1 N–H and O–H groups in total. The highest BCUT2D eigenvalue weighted by atomic mass is 16.4. The minimum Gasteiger partial charge on any atom is -0.408 e. The molecule has 1 aliphatic heterocycles. The number of ketones is 1. The molecule has 1 unspecified atom stereocenters. The predicted molar refractivity (Wildman–Crippen MR) is 71.5 cm³/mol. The fraction of sp³-hybridized carbons (Fsp3) is 0.429. The molecule has 5 nitrogen and oxygen atoms in total. The van der Waals surface area contributed by atoms with Gasteiger partial charge in [-0.1, -0.05) is 0 Å². The van der Waals surface area contributed by atoms with Crippen molar-refractivity contribution in [2.24, 2.45) is 0 Å². The zero-order chi connectivity index (χ0) is 13.4. The van der Waals surface area contributed by atoms with Crippen molar-refractivity contribution < 1.29 is 9.21 Å². The van der Waals surface area contributed by atoms with E-state index < -0.39 is 0 Å². The Morgan fingerprint density at radius 2 is 2.37 bits per heavy atom. The van der Waals surface area contributed by atoms with Crippen LogP contribution in [0.25, 0.3) is 11.1 Å². The van der Waals surface area contributed by atoms with Gasteiger partial charge in [0.15, 0.2) is 11.4 Å². The van der Waals surface area contributed by atoms with Crippen LogP contribution in [0.5, 0.6) is 0 Å². The molecule has 2 heterocycles. The maximum Gasteiger partial charge on any atom is 0.419 e. The number of aromatic nitrogens is 1. The van der Waals surface area contributed by atoms with E-state index in [1.165, 1.54) is 0 Å². The number of carbonyl (C=O) groups excluding carboxylic acids is 1. The number of carbonyl (C=O) groups is 1. The number of hydrogen-bond donors (Lipinski definition) is 1. The Morgan fingerprint density at radius 3 is 3.05 bits per heavy atom. The Morgan fingerprint density at radius 1 is 1.53 bits per heavy atom. The Hall–Kier alpha value is -1.88. The van der Waals surface area contributed by atoms with Gasteiger partial charge >= 0.3 is 5.76 Å². The second-order valence-corrected chi connectivity index (χ2v) is 4.81. The highest BCUT2D eigenvalue weighted by molar-refractivity contribution is 6.02. The van der Waals surface area contributed by atoms with E-state index in [1.807, 2.05) is 6.92 Å². The Labute approximate surface area is 110 Å². The average molecular weight is 260 g/mol. The van der Waals surface area contributed by atoms with E-state index in [1.54, 1.807) is 22.8 Å². The highest BCUT2D eigenvalue weighted by Crippen LogP contribution is 2.18. The summed E-state index contributed by atoms with van der Waals surface area (Å²) < 4.78 is 6.73. The van der Waals surface area contributed by atoms with E-state index in [0.717, 1.165) is 24.9 Å². The molecule has 1 aromatic heterocycles. The number of nitrogens with one attached hydrogen (secondary N) is 1. The highest BCUT2D eigenvalue weighted by Gasteiger charge is 2.23. The van der Waals surface area contributed by atoms with Gasteiger partial charge in [-0.05, 0) is 44.5 Å². The van der Waals surface area contributed by atoms with Crippen molar-refractivity contribution in [1.82, 2.24) is 9.88 Å². The third kappa shape index (κ3) is 2.00. The van der Waals surface area contributed by atoms with Crippen LogP contribution < -0.4 is 11.1 Å². The summed E-state index contributed by atoms with van der Waals surface area (Å²) in [5.41, 5.74) is 1.82. The fourth-order valence-corrected chi connectivity index (χ4v) is 2.63. The van der Waals surface area contributed by atoms with Crippen LogP contribution >= 0.6 is 0 Å². The number of benzene rings is 1. The van der Waals surface area contributed by atoms with E-state index >= 15 is 0 Å². The van der Waals surface area contributed by atoms with Crippen molar-refractivity contribution in [2.45, 2.75) is 32.4 Å². The first-order valence-electron chi connectivity index (χ1n) is 6.61. The van der Waals surface area contributed by atoms with E-state index in [0.29, 0.717) is 17.7 Å². The van der Waals surface area contributed by atoms with Gasteiger partial charge in [-0.15, -0.1) is 0 Å². The maximum absolute atomic E-state index is 12.3. The third-order valence-corrected chi connectivity index (χ3v) is 3.65. The molecule has 1 fully saturated rings. The zero-order valence-corrected chi connectivity index (χ0v) is 10.8. The molecule has 0 bridgehead atoms. The molecule has 0 aliphatic carbocycles.